The molecule has 0 unspecified atom stereocenters. The van der Waals surface area contributed by atoms with Crippen LogP contribution in [0.5, 0.6) is 0 Å². The van der Waals surface area contributed by atoms with Crippen molar-refractivity contribution >= 4 is 10.0 Å². The van der Waals surface area contributed by atoms with Gasteiger partial charge in [0.25, 0.3) is 5.89 Å². The highest BCUT2D eigenvalue weighted by molar-refractivity contribution is 7.89. The Kier molecular flexibility index (Phi) is 4.35. The zero-order chi connectivity index (χ0) is 20.1. The Balaban J connectivity index is 1.60. The fraction of sp³-hybridized carbons (Fsp3) is 0.300. The standard InChI is InChI=1S/C20H20FN3O3S/c1-12-8-7-11-14(21)15(12)19-22-18(23-27-19)16-17(20(16,2)3)24-28(25,26)13-9-5-4-6-10-13/h4-11,16-17,24H,1-3H3/t16-,17-/m0/s1. The molecular weight excluding hydrogens is 381 g/mol. The predicted molar refractivity (Wildman–Crippen MR) is 102 cm³/mol. The second-order valence-corrected chi connectivity index (χ2v) is 9.31. The minimum Gasteiger partial charge on any atom is -0.334 e. The van der Waals surface area contributed by atoms with Gasteiger partial charge in [0.1, 0.15) is 5.82 Å². The first kappa shape index (κ1) is 18.8. The second kappa shape index (κ2) is 6.49. The van der Waals surface area contributed by atoms with Crippen molar-refractivity contribution in [2.45, 2.75) is 37.6 Å². The van der Waals surface area contributed by atoms with Crippen LogP contribution in [-0.4, -0.2) is 24.6 Å². The molecule has 1 aromatic heterocycles. The summed E-state index contributed by atoms with van der Waals surface area (Å²) in [4.78, 5) is 4.56. The van der Waals surface area contributed by atoms with Crippen LogP contribution < -0.4 is 4.72 Å². The van der Waals surface area contributed by atoms with Crippen molar-refractivity contribution in [2.75, 3.05) is 0 Å². The van der Waals surface area contributed by atoms with Crippen LogP contribution in [0.25, 0.3) is 11.5 Å². The molecule has 0 radical (unpaired) electrons. The van der Waals surface area contributed by atoms with Crippen LogP contribution in [-0.2, 0) is 10.0 Å². The fourth-order valence-corrected chi connectivity index (χ4v) is 4.97. The molecule has 0 amide bonds. The highest BCUT2D eigenvalue weighted by Gasteiger charge is 2.62. The van der Waals surface area contributed by atoms with Gasteiger partial charge in [-0.05, 0) is 36.1 Å². The van der Waals surface area contributed by atoms with Crippen LogP contribution in [0.4, 0.5) is 4.39 Å². The molecular formula is C20H20FN3O3S. The molecule has 6 nitrogen and oxygen atoms in total. The molecule has 1 aliphatic rings. The van der Waals surface area contributed by atoms with Crippen molar-refractivity contribution in [2.24, 2.45) is 5.41 Å². The van der Waals surface area contributed by atoms with E-state index in [0.29, 0.717) is 11.4 Å². The Morgan fingerprint density at radius 2 is 1.82 bits per heavy atom. The number of hydrogen-bond acceptors (Lipinski definition) is 5. The minimum absolute atomic E-state index is 0.0953. The summed E-state index contributed by atoms with van der Waals surface area (Å²) in [6, 6.07) is 12.5. The van der Waals surface area contributed by atoms with Gasteiger partial charge < -0.3 is 4.52 Å². The molecule has 3 aromatic rings. The molecule has 1 heterocycles. The van der Waals surface area contributed by atoms with Crippen molar-refractivity contribution in [3.8, 4) is 11.5 Å². The van der Waals surface area contributed by atoms with Gasteiger partial charge in [-0.15, -0.1) is 0 Å². The molecule has 2 atom stereocenters. The Morgan fingerprint density at radius 1 is 1.11 bits per heavy atom. The van der Waals surface area contributed by atoms with Gasteiger partial charge in [-0.3, -0.25) is 0 Å². The zero-order valence-corrected chi connectivity index (χ0v) is 16.5. The van der Waals surface area contributed by atoms with Crippen LogP contribution >= 0.6 is 0 Å². The fourth-order valence-electron chi connectivity index (χ4n) is 3.54. The molecule has 0 bridgehead atoms. The normalized spacial score (nSPS) is 20.9. The molecule has 1 aliphatic carbocycles. The molecule has 8 heteroatoms. The number of benzene rings is 2. The molecule has 0 spiro atoms. The number of hydrogen-bond donors (Lipinski definition) is 1. The maximum Gasteiger partial charge on any atom is 0.261 e. The van der Waals surface area contributed by atoms with Gasteiger partial charge in [-0.25, -0.2) is 17.5 Å². The number of nitrogens with one attached hydrogen (secondary N) is 1. The number of aromatic nitrogens is 2. The van der Waals surface area contributed by atoms with E-state index < -0.39 is 21.3 Å². The smallest absolute Gasteiger partial charge is 0.261 e. The summed E-state index contributed by atoms with van der Waals surface area (Å²) >= 11 is 0. The average Bonchev–Trinajstić information content (AvgIpc) is 2.96. The molecule has 2 aromatic carbocycles. The average molecular weight is 401 g/mol. The number of sulfonamides is 1. The van der Waals surface area contributed by atoms with Gasteiger partial charge in [-0.1, -0.05) is 49.3 Å². The predicted octanol–water partition coefficient (Wildman–Crippen LogP) is 3.65. The highest BCUT2D eigenvalue weighted by atomic mass is 32.2. The van der Waals surface area contributed by atoms with Gasteiger partial charge in [0.2, 0.25) is 10.0 Å². The third-order valence-corrected chi connectivity index (χ3v) is 6.78. The molecule has 4 rings (SSSR count). The largest absolute Gasteiger partial charge is 0.334 e. The Labute approximate surface area is 162 Å². The van der Waals surface area contributed by atoms with Crippen LogP contribution in [0.1, 0.15) is 31.2 Å². The van der Waals surface area contributed by atoms with E-state index in [1.54, 1.807) is 49.4 Å². The van der Waals surface area contributed by atoms with Gasteiger partial charge >= 0.3 is 0 Å². The summed E-state index contributed by atoms with van der Waals surface area (Å²) in [5.41, 5.74) is 0.556. The van der Waals surface area contributed by atoms with E-state index in [-0.39, 0.29) is 28.3 Å². The second-order valence-electron chi connectivity index (χ2n) is 7.60. The van der Waals surface area contributed by atoms with Crippen molar-refractivity contribution in [1.29, 1.82) is 0 Å². The minimum atomic E-state index is -3.66. The number of aryl methyl sites for hydroxylation is 1. The van der Waals surface area contributed by atoms with Gasteiger partial charge in [0, 0.05) is 12.0 Å². The summed E-state index contributed by atoms with van der Waals surface area (Å²) in [5.74, 6) is -0.247. The number of rotatable bonds is 5. The van der Waals surface area contributed by atoms with Crippen LogP contribution in [0.2, 0.25) is 0 Å². The van der Waals surface area contributed by atoms with E-state index in [4.69, 9.17) is 4.52 Å². The summed E-state index contributed by atoms with van der Waals surface area (Å²) in [7, 11) is -3.66. The van der Waals surface area contributed by atoms with E-state index in [0.717, 1.165) is 0 Å². The molecule has 0 saturated heterocycles. The number of nitrogens with zero attached hydrogens (tertiary/aromatic N) is 2. The maximum atomic E-state index is 14.2. The lowest BCUT2D eigenvalue weighted by Gasteiger charge is -2.07. The van der Waals surface area contributed by atoms with E-state index >= 15 is 0 Å². The quantitative estimate of drug-likeness (QED) is 0.705. The molecule has 1 fully saturated rings. The van der Waals surface area contributed by atoms with Crippen molar-refractivity contribution in [3.05, 3.63) is 65.7 Å². The third-order valence-electron chi connectivity index (χ3n) is 5.32. The topological polar surface area (TPSA) is 85.1 Å². The van der Waals surface area contributed by atoms with Gasteiger partial charge in [-0.2, -0.15) is 4.98 Å². The van der Waals surface area contributed by atoms with E-state index in [9.17, 15) is 12.8 Å². The van der Waals surface area contributed by atoms with Crippen molar-refractivity contribution in [1.82, 2.24) is 14.9 Å². The first-order chi connectivity index (χ1) is 13.2. The monoisotopic (exact) mass is 401 g/mol. The Hall–Kier alpha value is -2.58. The maximum absolute atomic E-state index is 14.2. The van der Waals surface area contributed by atoms with Gasteiger partial charge in [0.15, 0.2) is 5.82 Å². The van der Waals surface area contributed by atoms with Crippen LogP contribution in [0.3, 0.4) is 0 Å². The molecule has 1 N–H and O–H groups in total. The lowest BCUT2D eigenvalue weighted by atomic mass is 10.1. The molecule has 146 valence electrons. The van der Waals surface area contributed by atoms with Gasteiger partial charge in [0.05, 0.1) is 10.5 Å². The first-order valence-electron chi connectivity index (χ1n) is 8.88. The SMILES string of the molecule is Cc1cccc(F)c1-c1nc([C@@H]2[C@H](NS(=O)(=O)c3ccccc3)C2(C)C)no1. The molecule has 0 aliphatic heterocycles. The Bertz CT molecular complexity index is 1110. The lowest BCUT2D eigenvalue weighted by Crippen LogP contribution is -2.29. The number of halogens is 1. The summed E-state index contributed by atoms with van der Waals surface area (Å²) < 4.78 is 47.5. The third kappa shape index (κ3) is 3.12. The molecule has 1 saturated carbocycles. The van der Waals surface area contributed by atoms with Crippen molar-refractivity contribution < 1.29 is 17.3 Å². The highest BCUT2D eigenvalue weighted by Crippen LogP contribution is 2.58. The van der Waals surface area contributed by atoms with E-state index in [2.05, 4.69) is 14.9 Å². The van der Waals surface area contributed by atoms with E-state index in [1.165, 1.54) is 6.07 Å². The van der Waals surface area contributed by atoms with Crippen LogP contribution in [0.15, 0.2) is 57.9 Å². The first-order valence-corrected chi connectivity index (χ1v) is 10.4. The summed E-state index contributed by atoms with van der Waals surface area (Å²) in [6.45, 7) is 5.63. The van der Waals surface area contributed by atoms with Crippen LogP contribution in [0, 0.1) is 18.2 Å². The van der Waals surface area contributed by atoms with Crippen molar-refractivity contribution in [3.63, 3.8) is 0 Å². The van der Waals surface area contributed by atoms with E-state index in [1.807, 2.05) is 13.8 Å². The summed E-state index contributed by atoms with van der Waals surface area (Å²) in [5, 5.41) is 4.00. The summed E-state index contributed by atoms with van der Waals surface area (Å²) in [6.07, 6.45) is 0. The molecule has 28 heavy (non-hydrogen) atoms. The zero-order valence-electron chi connectivity index (χ0n) is 15.7. The lowest BCUT2D eigenvalue weighted by molar-refractivity contribution is 0.417. The Morgan fingerprint density at radius 3 is 2.50 bits per heavy atom.